The second-order valence-electron chi connectivity index (χ2n) is 10.9. The van der Waals surface area contributed by atoms with Gasteiger partial charge in [0, 0.05) is 18.1 Å². The number of para-hydroxylation sites is 2. The zero-order valence-corrected chi connectivity index (χ0v) is 20.4. The van der Waals surface area contributed by atoms with Crippen molar-refractivity contribution in [2.75, 3.05) is 19.6 Å². The molecule has 1 aromatic heterocycles. The molecule has 0 radical (unpaired) electrons. The van der Waals surface area contributed by atoms with Gasteiger partial charge in [0.25, 0.3) is 0 Å². The summed E-state index contributed by atoms with van der Waals surface area (Å²) in [6.45, 7) is 5.67. The molecule has 6 rings (SSSR count). The Bertz CT molecular complexity index is 1130. The Morgan fingerprint density at radius 1 is 1.00 bits per heavy atom. The fourth-order valence-corrected chi connectivity index (χ4v) is 7.38. The summed E-state index contributed by atoms with van der Waals surface area (Å²) in [5, 5.41) is 13.3. The second-order valence-corrected chi connectivity index (χ2v) is 10.9. The summed E-state index contributed by atoms with van der Waals surface area (Å²) in [6, 6.07) is 19.3. The normalized spacial score (nSPS) is 26.8. The molecule has 0 saturated carbocycles. The zero-order chi connectivity index (χ0) is 23.1. The van der Waals surface area contributed by atoms with Crippen molar-refractivity contribution in [3.05, 3.63) is 65.5 Å². The summed E-state index contributed by atoms with van der Waals surface area (Å²) >= 11 is 0. The van der Waals surface area contributed by atoms with Crippen LogP contribution in [0.25, 0.3) is 11.0 Å². The van der Waals surface area contributed by atoms with Gasteiger partial charge in [-0.05, 0) is 100 Å². The number of benzene rings is 2. The summed E-state index contributed by atoms with van der Waals surface area (Å²) in [5.41, 5.74) is 5.13. The average molecular weight is 459 g/mol. The van der Waals surface area contributed by atoms with E-state index < -0.39 is 0 Å². The molecular formula is C29H38N4O. The number of hydrogen-bond donors (Lipinski definition) is 2. The maximum absolute atomic E-state index is 9.72. The van der Waals surface area contributed by atoms with Crippen LogP contribution < -0.4 is 5.32 Å². The third kappa shape index (κ3) is 3.88. The van der Waals surface area contributed by atoms with E-state index in [-0.39, 0.29) is 12.0 Å². The second kappa shape index (κ2) is 9.10. The van der Waals surface area contributed by atoms with Crippen molar-refractivity contribution in [2.45, 2.75) is 82.0 Å². The van der Waals surface area contributed by atoms with Gasteiger partial charge in [-0.2, -0.15) is 0 Å². The van der Waals surface area contributed by atoms with Gasteiger partial charge in [0.15, 0.2) is 0 Å². The predicted molar refractivity (Wildman–Crippen MR) is 137 cm³/mol. The first kappa shape index (κ1) is 22.3. The van der Waals surface area contributed by atoms with Crippen LogP contribution in [0.5, 0.6) is 0 Å². The number of rotatable bonds is 6. The van der Waals surface area contributed by atoms with Gasteiger partial charge in [0.1, 0.15) is 5.82 Å². The highest BCUT2D eigenvalue weighted by Crippen LogP contribution is 2.44. The van der Waals surface area contributed by atoms with E-state index in [2.05, 4.69) is 64.2 Å². The van der Waals surface area contributed by atoms with Crippen molar-refractivity contribution in [1.29, 1.82) is 0 Å². The number of aliphatic hydroxyl groups excluding tert-OH is 1. The first-order valence-corrected chi connectivity index (χ1v) is 13.3. The molecule has 3 aliphatic rings. The third-order valence-corrected chi connectivity index (χ3v) is 9.13. The quantitative estimate of drug-likeness (QED) is 0.561. The number of aliphatic hydroxyl groups is 1. The van der Waals surface area contributed by atoms with E-state index in [1.807, 2.05) is 6.07 Å². The van der Waals surface area contributed by atoms with E-state index in [0.29, 0.717) is 18.1 Å². The molecule has 2 bridgehead atoms. The minimum Gasteiger partial charge on any atom is -0.392 e. The van der Waals surface area contributed by atoms with Crippen molar-refractivity contribution < 1.29 is 5.11 Å². The summed E-state index contributed by atoms with van der Waals surface area (Å²) in [5.74, 6) is 1.16. The summed E-state index contributed by atoms with van der Waals surface area (Å²) < 4.78 is 2.53. The SMILES string of the molecule is Cc1nc2ccccc2n1C1CC2CCC(C1)N2CCC1(c2cccc(CO)c2)CCNCC1. The molecule has 2 aromatic carbocycles. The van der Waals surface area contributed by atoms with Gasteiger partial charge < -0.3 is 15.0 Å². The molecule has 0 amide bonds. The predicted octanol–water partition coefficient (Wildman–Crippen LogP) is 4.72. The van der Waals surface area contributed by atoms with E-state index in [9.17, 15) is 5.11 Å². The van der Waals surface area contributed by atoms with E-state index in [1.165, 1.54) is 62.6 Å². The minimum atomic E-state index is 0.127. The number of nitrogens with one attached hydrogen (secondary N) is 1. The molecule has 3 saturated heterocycles. The van der Waals surface area contributed by atoms with Crippen LogP contribution in [0, 0.1) is 6.92 Å². The Balaban J connectivity index is 1.20. The molecular weight excluding hydrogens is 420 g/mol. The minimum absolute atomic E-state index is 0.127. The summed E-state index contributed by atoms with van der Waals surface area (Å²) in [4.78, 5) is 7.72. The molecule has 0 aliphatic carbocycles. The molecule has 2 atom stereocenters. The molecule has 5 heteroatoms. The number of hydrogen-bond acceptors (Lipinski definition) is 4. The fraction of sp³-hybridized carbons (Fsp3) is 0.552. The van der Waals surface area contributed by atoms with Crippen molar-refractivity contribution >= 4 is 11.0 Å². The lowest BCUT2D eigenvalue weighted by atomic mass is 9.70. The van der Waals surface area contributed by atoms with E-state index in [0.717, 1.165) is 30.0 Å². The van der Waals surface area contributed by atoms with E-state index >= 15 is 0 Å². The first-order chi connectivity index (χ1) is 16.7. The first-order valence-electron chi connectivity index (χ1n) is 13.3. The lowest BCUT2D eigenvalue weighted by molar-refractivity contribution is 0.0929. The highest BCUT2D eigenvalue weighted by Gasteiger charge is 2.43. The number of imidazole rings is 1. The highest BCUT2D eigenvalue weighted by atomic mass is 16.3. The molecule has 2 N–H and O–H groups in total. The Morgan fingerprint density at radius 2 is 1.76 bits per heavy atom. The number of fused-ring (bicyclic) bond motifs is 3. The number of nitrogens with zero attached hydrogens (tertiary/aromatic N) is 3. The van der Waals surface area contributed by atoms with Gasteiger partial charge >= 0.3 is 0 Å². The van der Waals surface area contributed by atoms with Gasteiger partial charge in [-0.25, -0.2) is 4.98 Å². The summed E-state index contributed by atoms with van der Waals surface area (Å²) in [6.07, 6.45) is 8.75. The summed E-state index contributed by atoms with van der Waals surface area (Å²) in [7, 11) is 0. The Morgan fingerprint density at radius 3 is 2.53 bits per heavy atom. The molecule has 3 aliphatic heterocycles. The number of aryl methyl sites for hydroxylation is 1. The molecule has 34 heavy (non-hydrogen) atoms. The Labute approximate surface area is 203 Å². The van der Waals surface area contributed by atoms with Crippen molar-refractivity contribution in [3.8, 4) is 0 Å². The zero-order valence-electron chi connectivity index (χ0n) is 20.4. The molecule has 3 aromatic rings. The van der Waals surface area contributed by atoms with Crippen LogP contribution in [0.15, 0.2) is 48.5 Å². The standard InChI is InChI=1S/C29H38N4O/c1-21-31-27-7-2-3-8-28(27)33(21)26-18-24-9-10-25(19-26)32(24)16-13-29(11-14-30-15-12-29)23-6-4-5-22(17-23)20-34/h2-8,17,24-26,30,34H,9-16,18-20H2,1H3. The topological polar surface area (TPSA) is 53.3 Å². The Hall–Kier alpha value is -2.21. The molecule has 0 spiro atoms. The smallest absolute Gasteiger partial charge is 0.106 e. The fourth-order valence-electron chi connectivity index (χ4n) is 7.38. The highest BCUT2D eigenvalue weighted by molar-refractivity contribution is 5.76. The largest absolute Gasteiger partial charge is 0.392 e. The number of piperidine rings is 2. The van der Waals surface area contributed by atoms with Crippen molar-refractivity contribution in [3.63, 3.8) is 0 Å². The molecule has 3 fully saturated rings. The van der Waals surface area contributed by atoms with E-state index in [1.54, 1.807) is 0 Å². The lowest BCUT2D eigenvalue weighted by Crippen LogP contribution is -2.47. The third-order valence-electron chi connectivity index (χ3n) is 9.13. The van der Waals surface area contributed by atoms with Crippen LogP contribution in [0.2, 0.25) is 0 Å². The van der Waals surface area contributed by atoms with Crippen LogP contribution in [-0.4, -0.2) is 51.3 Å². The van der Waals surface area contributed by atoms with Crippen molar-refractivity contribution in [2.24, 2.45) is 0 Å². The van der Waals surface area contributed by atoms with Crippen LogP contribution >= 0.6 is 0 Å². The van der Waals surface area contributed by atoms with Crippen LogP contribution in [-0.2, 0) is 12.0 Å². The van der Waals surface area contributed by atoms with Crippen LogP contribution in [0.3, 0.4) is 0 Å². The van der Waals surface area contributed by atoms with Gasteiger partial charge in [0.2, 0.25) is 0 Å². The van der Waals surface area contributed by atoms with Gasteiger partial charge in [-0.15, -0.1) is 0 Å². The lowest BCUT2D eigenvalue weighted by Gasteiger charge is -2.44. The number of aromatic nitrogens is 2. The van der Waals surface area contributed by atoms with Crippen LogP contribution in [0.4, 0.5) is 0 Å². The molecule has 180 valence electrons. The average Bonchev–Trinajstić information content (AvgIpc) is 3.34. The van der Waals surface area contributed by atoms with Crippen molar-refractivity contribution in [1.82, 2.24) is 19.8 Å². The van der Waals surface area contributed by atoms with Gasteiger partial charge in [-0.3, -0.25) is 4.90 Å². The molecule has 5 nitrogen and oxygen atoms in total. The monoisotopic (exact) mass is 458 g/mol. The molecule has 2 unspecified atom stereocenters. The van der Waals surface area contributed by atoms with Gasteiger partial charge in [0.05, 0.1) is 17.6 Å². The Kier molecular flexibility index (Phi) is 5.96. The maximum Gasteiger partial charge on any atom is 0.106 e. The van der Waals surface area contributed by atoms with Gasteiger partial charge in [-0.1, -0.05) is 36.4 Å². The molecule has 4 heterocycles. The maximum atomic E-state index is 9.72. The van der Waals surface area contributed by atoms with E-state index in [4.69, 9.17) is 4.98 Å². The van der Waals surface area contributed by atoms with Crippen LogP contribution in [0.1, 0.15) is 67.9 Å².